The van der Waals surface area contributed by atoms with Crippen molar-refractivity contribution in [3.63, 3.8) is 0 Å². The Morgan fingerprint density at radius 1 is 1.05 bits per heavy atom. The lowest BCUT2D eigenvalue weighted by atomic mass is 10.0. The highest BCUT2D eigenvalue weighted by Gasteiger charge is 2.31. The van der Waals surface area contributed by atoms with Gasteiger partial charge in [-0.2, -0.15) is 0 Å². The number of furan rings is 1. The zero-order valence-corrected chi connectivity index (χ0v) is 22.3. The molecule has 3 heterocycles. The zero-order valence-electron chi connectivity index (χ0n) is 22.3. The van der Waals surface area contributed by atoms with Crippen molar-refractivity contribution < 1.29 is 23.0 Å². The second-order valence-electron chi connectivity index (χ2n) is 9.11. The summed E-state index contributed by atoms with van der Waals surface area (Å²) in [6.45, 7) is 1.39. The summed E-state index contributed by atoms with van der Waals surface area (Å²) in [6, 6.07) is 14.5. The number of hydrogen-bond donors (Lipinski definition) is 1. The predicted molar refractivity (Wildman–Crippen MR) is 144 cm³/mol. The Morgan fingerprint density at radius 2 is 1.82 bits per heavy atom. The molecule has 0 saturated carbocycles. The Morgan fingerprint density at radius 3 is 2.52 bits per heavy atom. The third-order valence-electron chi connectivity index (χ3n) is 6.59. The van der Waals surface area contributed by atoms with Crippen LogP contribution in [0.1, 0.15) is 28.8 Å². The normalized spacial score (nSPS) is 12.2. The first kappa shape index (κ1) is 27.0. The lowest BCUT2D eigenvalue weighted by molar-refractivity contribution is 0.163. The summed E-state index contributed by atoms with van der Waals surface area (Å²) in [5.74, 6) is 1.79. The fourth-order valence-electron chi connectivity index (χ4n) is 4.66. The van der Waals surface area contributed by atoms with Gasteiger partial charge < -0.3 is 23.6 Å². The molecular formula is C28H29FN6O5. The quantitative estimate of drug-likeness (QED) is 0.249. The number of ether oxygens (including phenoxy) is 3. The maximum atomic E-state index is 13.7. The monoisotopic (exact) mass is 548 g/mol. The Hall–Kier alpha value is -4.55. The molecule has 40 heavy (non-hydrogen) atoms. The average Bonchev–Trinajstić information content (AvgIpc) is 3.65. The number of fused-ring (bicyclic) bond motifs is 1. The Kier molecular flexibility index (Phi) is 8.18. The van der Waals surface area contributed by atoms with Crippen LogP contribution in [0, 0.1) is 5.82 Å². The van der Waals surface area contributed by atoms with Gasteiger partial charge in [-0.3, -0.25) is 9.69 Å². The molecule has 11 nitrogen and oxygen atoms in total. The highest BCUT2D eigenvalue weighted by molar-refractivity contribution is 5.83. The first-order valence-electron chi connectivity index (χ1n) is 12.6. The number of nitrogens with one attached hydrogen (secondary N) is 1. The highest BCUT2D eigenvalue weighted by atomic mass is 19.1. The predicted octanol–water partition coefficient (Wildman–Crippen LogP) is 3.70. The standard InChI is InChI=1S/C28H29FN6O5/c1-37-12-10-35-27(31-32-33-35)26(22-13-19-14-24(38-2)25(39-3)15-23(19)30-28(22)36)34(17-21-5-4-11-40-21)16-18-6-8-20(29)9-7-18/h4-9,11,13-15,26H,10,12,16-17H2,1-3H3,(H,30,36)/t26-/m0/s1. The molecule has 2 aromatic carbocycles. The average molecular weight is 549 g/mol. The summed E-state index contributed by atoms with van der Waals surface area (Å²) in [5.41, 5.74) is 1.49. The van der Waals surface area contributed by atoms with Crippen LogP contribution in [0.25, 0.3) is 10.9 Å². The van der Waals surface area contributed by atoms with Crippen molar-refractivity contribution in [1.29, 1.82) is 0 Å². The van der Waals surface area contributed by atoms with E-state index in [0.29, 0.717) is 60.4 Å². The molecule has 0 aliphatic carbocycles. The molecule has 0 aliphatic heterocycles. The van der Waals surface area contributed by atoms with E-state index in [1.54, 1.807) is 61.6 Å². The Bertz CT molecular complexity index is 1620. The van der Waals surface area contributed by atoms with Crippen molar-refractivity contribution in [3.05, 3.63) is 99.7 Å². The number of halogens is 1. The number of pyridine rings is 1. The van der Waals surface area contributed by atoms with Crippen LogP contribution in [0.5, 0.6) is 11.5 Å². The van der Waals surface area contributed by atoms with E-state index in [1.165, 1.54) is 19.2 Å². The molecule has 0 amide bonds. The maximum Gasteiger partial charge on any atom is 0.253 e. The van der Waals surface area contributed by atoms with Gasteiger partial charge in [-0.1, -0.05) is 12.1 Å². The third kappa shape index (κ3) is 5.72. The molecule has 5 rings (SSSR count). The van der Waals surface area contributed by atoms with Gasteiger partial charge >= 0.3 is 0 Å². The molecule has 1 atom stereocenters. The number of methoxy groups -OCH3 is 3. The van der Waals surface area contributed by atoms with Gasteiger partial charge in [-0.25, -0.2) is 9.07 Å². The summed E-state index contributed by atoms with van der Waals surface area (Å²) >= 11 is 0. The Balaban J connectivity index is 1.69. The molecular weight excluding hydrogens is 519 g/mol. The zero-order chi connectivity index (χ0) is 28.1. The van der Waals surface area contributed by atoms with Crippen LogP contribution < -0.4 is 15.0 Å². The van der Waals surface area contributed by atoms with Gasteiger partial charge in [0.2, 0.25) is 0 Å². The molecule has 0 unspecified atom stereocenters. The molecule has 208 valence electrons. The van der Waals surface area contributed by atoms with E-state index in [1.807, 2.05) is 11.0 Å². The number of tetrazole rings is 1. The van der Waals surface area contributed by atoms with Crippen molar-refractivity contribution in [2.24, 2.45) is 0 Å². The van der Waals surface area contributed by atoms with Crippen LogP contribution >= 0.6 is 0 Å². The molecule has 5 aromatic rings. The van der Waals surface area contributed by atoms with Gasteiger partial charge in [-0.15, -0.1) is 5.10 Å². The second-order valence-corrected chi connectivity index (χ2v) is 9.11. The summed E-state index contributed by atoms with van der Waals surface area (Å²) in [5, 5.41) is 13.2. The van der Waals surface area contributed by atoms with Gasteiger partial charge in [0, 0.05) is 30.7 Å². The van der Waals surface area contributed by atoms with Crippen LogP contribution in [0.15, 0.2) is 70.1 Å². The topological polar surface area (TPSA) is 121 Å². The van der Waals surface area contributed by atoms with Crippen molar-refractivity contribution >= 4 is 10.9 Å². The number of aromatic nitrogens is 5. The van der Waals surface area contributed by atoms with Gasteiger partial charge in [0.05, 0.1) is 45.7 Å². The molecule has 0 radical (unpaired) electrons. The van der Waals surface area contributed by atoms with E-state index < -0.39 is 6.04 Å². The van der Waals surface area contributed by atoms with Crippen LogP contribution in [0.3, 0.4) is 0 Å². The number of H-pyrrole nitrogens is 1. The molecule has 0 fully saturated rings. The van der Waals surface area contributed by atoms with Crippen molar-refractivity contribution in [3.8, 4) is 11.5 Å². The molecule has 0 spiro atoms. The van der Waals surface area contributed by atoms with E-state index >= 15 is 0 Å². The van der Waals surface area contributed by atoms with Crippen molar-refractivity contribution in [2.75, 3.05) is 27.9 Å². The van der Waals surface area contributed by atoms with Crippen LogP contribution in [0.4, 0.5) is 4.39 Å². The summed E-state index contributed by atoms with van der Waals surface area (Å²) < 4.78 is 37.2. The first-order valence-corrected chi connectivity index (χ1v) is 12.6. The van der Waals surface area contributed by atoms with Crippen LogP contribution in [-0.4, -0.2) is 58.0 Å². The van der Waals surface area contributed by atoms with Gasteiger partial charge in [0.25, 0.3) is 5.56 Å². The largest absolute Gasteiger partial charge is 0.493 e. The summed E-state index contributed by atoms with van der Waals surface area (Å²) in [6.07, 6.45) is 1.59. The SMILES string of the molecule is COCCn1nnnc1[C@H](c1cc2cc(OC)c(OC)cc2[nH]c1=O)N(Cc1ccc(F)cc1)Cc1ccco1. The number of aromatic amines is 1. The molecule has 0 aliphatic rings. The summed E-state index contributed by atoms with van der Waals surface area (Å²) in [7, 11) is 4.68. The van der Waals surface area contributed by atoms with Gasteiger partial charge in [0.1, 0.15) is 17.6 Å². The van der Waals surface area contributed by atoms with Crippen molar-refractivity contribution in [2.45, 2.75) is 25.7 Å². The van der Waals surface area contributed by atoms with E-state index in [9.17, 15) is 9.18 Å². The fourth-order valence-corrected chi connectivity index (χ4v) is 4.66. The van der Waals surface area contributed by atoms with E-state index in [2.05, 4.69) is 20.5 Å². The molecule has 0 saturated heterocycles. The van der Waals surface area contributed by atoms with E-state index in [-0.39, 0.29) is 11.4 Å². The fraction of sp³-hybridized carbons (Fsp3) is 0.286. The number of hydrogen-bond acceptors (Lipinski definition) is 9. The van der Waals surface area contributed by atoms with Crippen LogP contribution in [0.2, 0.25) is 0 Å². The minimum absolute atomic E-state index is 0.315. The Labute approximate surface area is 229 Å². The smallest absolute Gasteiger partial charge is 0.253 e. The second kappa shape index (κ2) is 12.1. The first-order chi connectivity index (χ1) is 19.5. The van der Waals surface area contributed by atoms with E-state index in [4.69, 9.17) is 18.6 Å². The van der Waals surface area contributed by atoms with Crippen molar-refractivity contribution in [1.82, 2.24) is 30.1 Å². The minimum atomic E-state index is -0.719. The molecule has 3 aromatic heterocycles. The number of benzene rings is 2. The maximum absolute atomic E-state index is 13.7. The molecule has 1 N–H and O–H groups in total. The van der Waals surface area contributed by atoms with Gasteiger partial charge in [0.15, 0.2) is 17.3 Å². The number of rotatable bonds is 12. The lowest BCUT2D eigenvalue weighted by Gasteiger charge is -2.30. The minimum Gasteiger partial charge on any atom is -0.493 e. The van der Waals surface area contributed by atoms with Gasteiger partial charge in [-0.05, 0) is 52.4 Å². The summed E-state index contributed by atoms with van der Waals surface area (Å²) in [4.78, 5) is 18.7. The lowest BCUT2D eigenvalue weighted by Crippen LogP contribution is -2.35. The molecule has 0 bridgehead atoms. The van der Waals surface area contributed by atoms with Crippen LogP contribution in [-0.2, 0) is 24.4 Å². The highest BCUT2D eigenvalue weighted by Crippen LogP contribution is 2.34. The molecule has 12 heteroatoms. The third-order valence-corrected chi connectivity index (χ3v) is 6.59. The van der Waals surface area contributed by atoms with E-state index in [0.717, 1.165) is 10.9 Å². The number of nitrogens with zero attached hydrogens (tertiary/aromatic N) is 5.